The molecule has 7 nitrogen and oxygen atoms in total. The number of nitrogens with zero attached hydrogens (tertiary/aromatic N) is 4. The molecular formula is C20H36N6OS. The van der Waals surface area contributed by atoms with Gasteiger partial charge < -0.3 is 20.3 Å². The molecule has 8 heteroatoms. The first kappa shape index (κ1) is 21.3. The molecule has 0 saturated carbocycles. The van der Waals surface area contributed by atoms with E-state index in [0.717, 1.165) is 71.4 Å². The third kappa shape index (κ3) is 6.06. The van der Waals surface area contributed by atoms with Crippen molar-refractivity contribution in [2.45, 2.75) is 45.6 Å². The summed E-state index contributed by atoms with van der Waals surface area (Å²) >= 11 is 1.77. The van der Waals surface area contributed by atoms with Gasteiger partial charge in [0.05, 0.1) is 25.5 Å². The van der Waals surface area contributed by atoms with Crippen molar-refractivity contribution in [1.29, 1.82) is 0 Å². The molecule has 0 unspecified atom stereocenters. The molecule has 0 aromatic carbocycles. The van der Waals surface area contributed by atoms with Gasteiger partial charge in [-0.05, 0) is 33.6 Å². The summed E-state index contributed by atoms with van der Waals surface area (Å²) in [5.74, 6) is 0.888. The molecule has 2 aliphatic heterocycles. The summed E-state index contributed by atoms with van der Waals surface area (Å²) in [6, 6.07) is 0. The number of aliphatic imine (C=N–C) groups is 1. The van der Waals surface area contributed by atoms with Crippen LogP contribution in [-0.2, 0) is 11.2 Å². The number of nitrogens with one attached hydrogen (secondary N) is 2. The van der Waals surface area contributed by atoms with Gasteiger partial charge >= 0.3 is 0 Å². The van der Waals surface area contributed by atoms with Gasteiger partial charge in [0.2, 0.25) is 0 Å². The third-order valence-electron chi connectivity index (χ3n) is 5.43. The average molecular weight is 409 g/mol. The second-order valence-corrected chi connectivity index (χ2v) is 8.94. The van der Waals surface area contributed by atoms with Gasteiger partial charge in [-0.1, -0.05) is 0 Å². The predicted molar refractivity (Wildman–Crippen MR) is 118 cm³/mol. The highest BCUT2D eigenvalue weighted by atomic mass is 32.1. The van der Waals surface area contributed by atoms with E-state index in [1.807, 2.05) is 0 Å². The van der Waals surface area contributed by atoms with Gasteiger partial charge in [0.25, 0.3) is 0 Å². The summed E-state index contributed by atoms with van der Waals surface area (Å²) in [7, 11) is 0. The maximum absolute atomic E-state index is 5.48. The second kappa shape index (κ2) is 10.4. The number of anilines is 1. The Hall–Kier alpha value is -1.38. The molecule has 158 valence electrons. The number of guanidine groups is 1. The molecule has 0 aliphatic carbocycles. The molecule has 1 aromatic heterocycles. The molecule has 1 aromatic rings. The fraction of sp³-hybridized carbons (Fsp3) is 0.800. The fourth-order valence-electron chi connectivity index (χ4n) is 3.66. The van der Waals surface area contributed by atoms with E-state index >= 15 is 0 Å². The van der Waals surface area contributed by atoms with Crippen LogP contribution in [0.5, 0.6) is 0 Å². The van der Waals surface area contributed by atoms with Crippen molar-refractivity contribution in [3.63, 3.8) is 0 Å². The van der Waals surface area contributed by atoms with Crippen LogP contribution in [-0.4, -0.2) is 80.4 Å². The first-order valence-corrected chi connectivity index (χ1v) is 11.5. The monoisotopic (exact) mass is 408 g/mol. The summed E-state index contributed by atoms with van der Waals surface area (Å²) in [5.41, 5.74) is 1.20. The van der Waals surface area contributed by atoms with Gasteiger partial charge in [0.1, 0.15) is 0 Å². The lowest BCUT2D eigenvalue weighted by atomic mass is 10.0. The number of ether oxygens (including phenoxy) is 1. The molecule has 2 aliphatic rings. The average Bonchev–Trinajstić information content (AvgIpc) is 3.39. The topological polar surface area (TPSA) is 65.0 Å². The maximum Gasteiger partial charge on any atom is 0.191 e. The van der Waals surface area contributed by atoms with E-state index in [1.54, 1.807) is 11.3 Å². The van der Waals surface area contributed by atoms with Crippen LogP contribution < -0.4 is 15.5 Å². The molecule has 0 bridgehead atoms. The Kier molecular flexibility index (Phi) is 7.93. The van der Waals surface area contributed by atoms with Crippen LogP contribution in [0.2, 0.25) is 0 Å². The molecule has 2 fully saturated rings. The lowest BCUT2D eigenvalue weighted by Gasteiger charge is -2.39. The molecule has 2 N–H and O–H groups in total. The number of rotatable bonds is 8. The fourth-order valence-corrected chi connectivity index (χ4v) is 4.57. The highest BCUT2D eigenvalue weighted by molar-refractivity contribution is 7.13. The molecule has 3 rings (SSSR count). The number of hydrogen-bond acceptors (Lipinski definition) is 6. The van der Waals surface area contributed by atoms with E-state index in [2.05, 4.69) is 46.6 Å². The highest BCUT2D eigenvalue weighted by Crippen LogP contribution is 2.24. The zero-order valence-electron chi connectivity index (χ0n) is 17.7. The first-order valence-electron chi connectivity index (χ1n) is 10.6. The first-order chi connectivity index (χ1) is 13.6. The van der Waals surface area contributed by atoms with Crippen LogP contribution in [0.4, 0.5) is 5.13 Å². The summed E-state index contributed by atoms with van der Waals surface area (Å²) in [4.78, 5) is 14.5. The van der Waals surface area contributed by atoms with E-state index in [1.165, 1.54) is 23.7 Å². The largest absolute Gasteiger partial charge is 0.379 e. The Morgan fingerprint density at radius 1 is 1.21 bits per heavy atom. The Balaban J connectivity index is 1.47. The Labute approximate surface area is 173 Å². The second-order valence-electron chi connectivity index (χ2n) is 8.10. The van der Waals surface area contributed by atoms with Gasteiger partial charge in [-0.2, -0.15) is 0 Å². The van der Waals surface area contributed by atoms with Gasteiger partial charge in [-0.15, -0.1) is 11.3 Å². The van der Waals surface area contributed by atoms with E-state index < -0.39 is 0 Å². The van der Waals surface area contributed by atoms with Crippen molar-refractivity contribution in [1.82, 2.24) is 20.5 Å². The van der Waals surface area contributed by atoms with E-state index in [0.29, 0.717) is 0 Å². The van der Waals surface area contributed by atoms with Crippen molar-refractivity contribution in [3.8, 4) is 0 Å². The smallest absolute Gasteiger partial charge is 0.191 e. The van der Waals surface area contributed by atoms with Crippen LogP contribution in [0.1, 0.15) is 39.3 Å². The Morgan fingerprint density at radius 2 is 1.96 bits per heavy atom. The van der Waals surface area contributed by atoms with Gasteiger partial charge in [-0.25, -0.2) is 4.98 Å². The van der Waals surface area contributed by atoms with Gasteiger partial charge in [-0.3, -0.25) is 9.89 Å². The minimum Gasteiger partial charge on any atom is -0.379 e. The third-order valence-corrected chi connectivity index (χ3v) is 6.38. The number of morpholine rings is 1. The molecule has 0 spiro atoms. The summed E-state index contributed by atoms with van der Waals surface area (Å²) < 4.78 is 5.48. The molecule has 0 amide bonds. The van der Waals surface area contributed by atoms with Crippen molar-refractivity contribution >= 4 is 22.4 Å². The van der Waals surface area contributed by atoms with Crippen molar-refractivity contribution < 1.29 is 4.74 Å². The molecule has 3 heterocycles. The predicted octanol–water partition coefficient (Wildman–Crippen LogP) is 1.95. The minimum atomic E-state index is 0.0334. The molecule has 0 radical (unpaired) electrons. The van der Waals surface area contributed by atoms with Crippen molar-refractivity contribution in [2.24, 2.45) is 4.99 Å². The van der Waals surface area contributed by atoms with Crippen molar-refractivity contribution in [3.05, 3.63) is 11.1 Å². The highest BCUT2D eigenvalue weighted by Gasteiger charge is 2.28. The number of hydrogen-bond donors (Lipinski definition) is 2. The Bertz CT molecular complexity index is 620. The van der Waals surface area contributed by atoms with Crippen molar-refractivity contribution in [2.75, 3.05) is 63.9 Å². The molecular weight excluding hydrogens is 372 g/mol. The van der Waals surface area contributed by atoms with E-state index in [9.17, 15) is 0 Å². The quantitative estimate of drug-likeness (QED) is 0.506. The van der Waals surface area contributed by atoms with Gasteiger partial charge in [0.15, 0.2) is 11.1 Å². The molecule has 28 heavy (non-hydrogen) atoms. The normalized spacial score (nSPS) is 19.2. The number of aromatic nitrogens is 1. The number of thiazole rings is 1. The standard InChI is InChI=1S/C20H36N6OS/c1-4-21-18(23-16-20(2,3)26-11-13-27-14-12-26)22-8-7-17-15-28-19(24-17)25-9-5-6-10-25/h15H,4-14,16H2,1-3H3,(H2,21,22,23). The minimum absolute atomic E-state index is 0.0334. The summed E-state index contributed by atoms with van der Waals surface area (Å²) in [5, 5.41) is 10.2. The van der Waals surface area contributed by atoms with E-state index in [-0.39, 0.29) is 5.54 Å². The van der Waals surface area contributed by atoms with Crippen LogP contribution in [0, 0.1) is 0 Å². The summed E-state index contributed by atoms with van der Waals surface area (Å²) in [6.07, 6.45) is 3.50. The van der Waals surface area contributed by atoms with E-state index in [4.69, 9.17) is 14.7 Å². The zero-order chi connectivity index (χ0) is 19.8. The van der Waals surface area contributed by atoms with Crippen LogP contribution in [0.25, 0.3) is 0 Å². The molecule has 2 saturated heterocycles. The zero-order valence-corrected chi connectivity index (χ0v) is 18.5. The lowest BCUT2D eigenvalue weighted by Crippen LogP contribution is -2.52. The maximum atomic E-state index is 5.48. The SMILES string of the molecule is CCNC(=NCC(C)(C)N1CCOCC1)NCCc1csc(N2CCCC2)n1. The lowest BCUT2D eigenvalue weighted by molar-refractivity contribution is -0.00683. The van der Waals surface area contributed by atoms with Crippen LogP contribution >= 0.6 is 11.3 Å². The van der Waals surface area contributed by atoms with Gasteiger partial charge in [0, 0.05) is 56.6 Å². The molecule has 0 atom stereocenters. The van der Waals surface area contributed by atoms with Crippen LogP contribution in [0.15, 0.2) is 10.4 Å². The Morgan fingerprint density at radius 3 is 2.68 bits per heavy atom. The van der Waals surface area contributed by atoms with Crippen LogP contribution in [0.3, 0.4) is 0 Å². The summed E-state index contributed by atoms with van der Waals surface area (Å²) in [6.45, 7) is 15.0.